The largest absolute Gasteiger partial charge is 1.00 e. The molecule has 0 atom stereocenters. The molecular weight excluding hydrogens is 226 g/mol. The van der Waals surface area contributed by atoms with Gasteiger partial charge < -0.3 is 18.1 Å². The molecular formula is C11H12ClN3O. The molecule has 1 heterocycles. The van der Waals surface area contributed by atoms with Gasteiger partial charge in [0.05, 0.1) is 0 Å². The van der Waals surface area contributed by atoms with Crippen LogP contribution < -0.4 is 22.7 Å². The molecule has 0 saturated carbocycles. The number of rotatable bonds is 3. The van der Waals surface area contributed by atoms with Crippen molar-refractivity contribution in [2.45, 2.75) is 13.5 Å². The van der Waals surface area contributed by atoms with E-state index in [0.29, 0.717) is 0 Å². The molecule has 1 rings (SSSR count). The third-order valence-corrected chi connectivity index (χ3v) is 1.89. The van der Waals surface area contributed by atoms with Crippen LogP contribution in [0.2, 0.25) is 0 Å². The minimum atomic E-state index is -0.270. The Morgan fingerprint density at radius 2 is 1.94 bits per heavy atom. The number of nitrogens with zero attached hydrogens (tertiary/aromatic N) is 2. The second-order valence-electron chi connectivity index (χ2n) is 3.14. The van der Waals surface area contributed by atoms with Gasteiger partial charge in [-0.1, -0.05) is 6.07 Å². The average Bonchev–Trinajstić information content (AvgIpc) is 2.19. The van der Waals surface area contributed by atoms with Crippen LogP contribution in [0.3, 0.4) is 0 Å². The van der Waals surface area contributed by atoms with Crippen LogP contribution >= 0.6 is 0 Å². The molecule has 16 heavy (non-hydrogen) atoms. The van der Waals surface area contributed by atoms with Crippen LogP contribution in [0, 0.1) is 11.3 Å². The molecule has 0 spiro atoms. The zero-order valence-electron chi connectivity index (χ0n) is 8.85. The predicted molar refractivity (Wildman–Crippen MR) is 54.1 cm³/mol. The van der Waals surface area contributed by atoms with Crippen molar-refractivity contribution >= 4 is 5.78 Å². The number of Topliss-reactive ketones (excluding diaryl/α,β-unsaturated/α-hetero) is 1. The van der Waals surface area contributed by atoms with E-state index in [9.17, 15) is 4.79 Å². The first-order valence-electron chi connectivity index (χ1n) is 4.49. The maximum absolute atomic E-state index is 11.6. The van der Waals surface area contributed by atoms with Crippen molar-refractivity contribution in [3.8, 4) is 6.07 Å². The normalized spacial score (nSPS) is 10.8. The zero-order chi connectivity index (χ0) is 11.3. The Bertz CT molecular complexity index is 430. The van der Waals surface area contributed by atoms with E-state index in [2.05, 4.69) is 0 Å². The lowest BCUT2D eigenvalue weighted by atomic mass is 10.1. The van der Waals surface area contributed by atoms with Crippen molar-refractivity contribution in [1.82, 2.24) is 0 Å². The Hall–Kier alpha value is -1.86. The van der Waals surface area contributed by atoms with Gasteiger partial charge in [-0.15, -0.1) is 0 Å². The third kappa shape index (κ3) is 3.71. The number of carbonyl (C=O) groups is 1. The molecule has 2 N–H and O–H groups in total. The molecule has 1 aromatic heterocycles. The van der Waals surface area contributed by atoms with Crippen LogP contribution in [0.4, 0.5) is 0 Å². The van der Waals surface area contributed by atoms with E-state index >= 15 is 0 Å². The number of nitrogens with two attached hydrogens (primary N) is 1. The summed E-state index contributed by atoms with van der Waals surface area (Å²) in [5, 5.41) is 8.73. The second kappa shape index (κ2) is 6.59. The van der Waals surface area contributed by atoms with Crippen molar-refractivity contribution < 1.29 is 21.8 Å². The smallest absolute Gasteiger partial charge is 0.239 e. The van der Waals surface area contributed by atoms with E-state index in [1.165, 1.54) is 0 Å². The average molecular weight is 238 g/mol. The maximum atomic E-state index is 11.6. The molecule has 0 aliphatic heterocycles. The van der Waals surface area contributed by atoms with Crippen molar-refractivity contribution in [3.63, 3.8) is 0 Å². The molecule has 0 fully saturated rings. The zero-order valence-corrected chi connectivity index (χ0v) is 9.61. The Morgan fingerprint density at radius 1 is 1.38 bits per heavy atom. The van der Waals surface area contributed by atoms with E-state index in [4.69, 9.17) is 11.0 Å². The van der Waals surface area contributed by atoms with Gasteiger partial charge in [-0.25, -0.2) is 0 Å². The minimum Gasteiger partial charge on any atom is -1.00 e. The Morgan fingerprint density at radius 3 is 2.38 bits per heavy atom. The monoisotopic (exact) mass is 237 g/mol. The summed E-state index contributed by atoms with van der Waals surface area (Å²) in [7, 11) is 0. The van der Waals surface area contributed by atoms with Gasteiger partial charge in [0.2, 0.25) is 12.3 Å². The van der Waals surface area contributed by atoms with Crippen LogP contribution in [-0.2, 0) is 11.3 Å². The summed E-state index contributed by atoms with van der Waals surface area (Å²) < 4.78 is 1.70. The number of pyridine rings is 1. The molecule has 0 aliphatic rings. The van der Waals surface area contributed by atoms with E-state index in [1.807, 2.05) is 24.3 Å². The van der Waals surface area contributed by atoms with Gasteiger partial charge in [-0.2, -0.15) is 9.83 Å². The summed E-state index contributed by atoms with van der Waals surface area (Å²) in [6, 6.07) is 7.31. The van der Waals surface area contributed by atoms with Crippen molar-refractivity contribution in [3.05, 3.63) is 41.9 Å². The van der Waals surface area contributed by atoms with Crippen molar-refractivity contribution in [1.29, 1.82) is 5.26 Å². The maximum Gasteiger partial charge on any atom is 0.239 e. The summed E-state index contributed by atoms with van der Waals surface area (Å²) in [6.45, 7) is 1.68. The lowest BCUT2D eigenvalue weighted by molar-refractivity contribution is -0.684. The molecule has 1 aromatic rings. The van der Waals surface area contributed by atoms with Gasteiger partial charge in [0, 0.05) is 17.8 Å². The molecule has 0 radical (unpaired) electrons. The summed E-state index contributed by atoms with van der Waals surface area (Å²) in [5.74, 6) is -0.270. The summed E-state index contributed by atoms with van der Waals surface area (Å²) >= 11 is 0. The van der Waals surface area contributed by atoms with Gasteiger partial charge in [0.15, 0.2) is 12.4 Å². The van der Waals surface area contributed by atoms with E-state index < -0.39 is 0 Å². The van der Waals surface area contributed by atoms with Crippen molar-refractivity contribution in [2.75, 3.05) is 0 Å². The van der Waals surface area contributed by atoms with Gasteiger partial charge in [-0.3, -0.25) is 4.79 Å². The quantitative estimate of drug-likeness (QED) is 0.354. The molecule has 0 amide bonds. The number of nitriles is 1. The SMILES string of the molecule is C/C(N)=C(\C#N)C(=O)C[n+]1ccccc1.[Cl-]. The minimum absolute atomic E-state index is 0. The second-order valence-corrected chi connectivity index (χ2v) is 3.14. The van der Waals surface area contributed by atoms with E-state index in [0.717, 1.165) is 0 Å². The van der Waals surface area contributed by atoms with Crippen molar-refractivity contribution in [2.24, 2.45) is 5.73 Å². The fraction of sp³-hybridized carbons (Fsp3) is 0.182. The first-order valence-corrected chi connectivity index (χ1v) is 4.49. The Kier molecular flexibility index (Phi) is 5.83. The predicted octanol–water partition coefficient (Wildman–Crippen LogP) is -2.70. The van der Waals surface area contributed by atoms with Gasteiger partial charge in [0.1, 0.15) is 11.6 Å². The number of allylic oxidation sites excluding steroid dienone is 2. The highest BCUT2D eigenvalue weighted by atomic mass is 35.5. The lowest BCUT2D eigenvalue weighted by Crippen LogP contribution is -3.00. The number of hydrogen-bond acceptors (Lipinski definition) is 3. The summed E-state index contributed by atoms with van der Waals surface area (Å²) in [5.41, 5.74) is 5.73. The van der Waals surface area contributed by atoms with Crippen LogP contribution in [0.1, 0.15) is 6.92 Å². The highest BCUT2D eigenvalue weighted by molar-refractivity contribution is 5.98. The summed E-state index contributed by atoms with van der Waals surface area (Å²) in [4.78, 5) is 11.6. The van der Waals surface area contributed by atoms with Gasteiger partial charge in [0.25, 0.3) is 0 Å². The third-order valence-electron chi connectivity index (χ3n) is 1.89. The van der Waals surface area contributed by atoms with E-state index in [1.54, 1.807) is 23.9 Å². The molecule has 4 nitrogen and oxygen atoms in total. The highest BCUT2D eigenvalue weighted by Gasteiger charge is 2.15. The van der Waals surface area contributed by atoms with Crippen LogP contribution in [0.15, 0.2) is 41.9 Å². The lowest BCUT2D eigenvalue weighted by Gasteiger charge is -1.97. The van der Waals surface area contributed by atoms with Gasteiger partial charge >= 0.3 is 0 Å². The Balaban J connectivity index is 0.00000225. The number of ketones is 1. The molecule has 84 valence electrons. The number of hydrogen-bond donors (Lipinski definition) is 1. The standard InChI is InChI=1S/C11H11N3O.ClH/c1-9(13)10(7-12)11(15)8-14-5-3-2-4-6-14;/h2-6H,8H2,1H3,(H-,13,15);1H. The van der Waals surface area contributed by atoms with E-state index in [-0.39, 0.29) is 36.0 Å². The molecule has 0 bridgehead atoms. The molecule has 0 aromatic carbocycles. The Labute approximate surface area is 100 Å². The molecule has 0 saturated heterocycles. The summed E-state index contributed by atoms with van der Waals surface area (Å²) in [6.07, 6.45) is 3.53. The van der Waals surface area contributed by atoms with Gasteiger partial charge in [-0.05, 0) is 6.92 Å². The topological polar surface area (TPSA) is 70.8 Å². The number of aromatic nitrogens is 1. The molecule has 5 heteroatoms. The fourth-order valence-electron chi connectivity index (χ4n) is 1.16. The van der Waals surface area contributed by atoms with Crippen LogP contribution in [0.25, 0.3) is 0 Å². The van der Waals surface area contributed by atoms with Crippen LogP contribution in [-0.4, -0.2) is 5.78 Å². The highest BCUT2D eigenvalue weighted by Crippen LogP contribution is 1.98. The van der Waals surface area contributed by atoms with Crippen LogP contribution in [0.5, 0.6) is 0 Å². The first kappa shape index (κ1) is 14.1. The number of carbonyl (C=O) groups excluding carboxylic acids is 1. The number of halogens is 1. The first-order chi connectivity index (χ1) is 7.15. The molecule has 0 aliphatic carbocycles. The molecule has 0 unspecified atom stereocenters. The fourth-order valence-corrected chi connectivity index (χ4v) is 1.16.